The number of rotatable bonds is 8. The van der Waals surface area contributed by atoms with Crippen molar-refractivity contribution in [2.45, 2.75) is 26.4 Å². The zero-order valence-electron chi connectivity index (χ0n) is 20.1. The number of nitrogens with zero attached hydrogens (tertiary/aromatic N) is 3. The number of hydrogen-bond donors (Lipinski definition) is 2. The molecule has 1 aliphatic rings. The third-order valence-corrected chi connectivity index (χ3v) is 5.47. The Kier molecular flexibility index (Phi) is 8.05. The number of fused-ring (bicyclic) bond motifs is 1. The van der Waals surface area contributed by atoms with Crippen LogP contribution in [0.15, 0.2) is 64.4 Å². The van der Waals surface area contributed by atoms with Crippen molar-refractivity contribution in [3.8, 4) is 11.5 Å². The van der Waals surface area contributed by atoms with E-state index in [9.17, 15) is 25.3 Å². The Bertz CT molecular complexity index is 1290. The Balaban J connectivity index is 2.16. The zero-order valence-corrected chi connectivity index (χ0v) is 20.1. The average Bonchev–Trinajstić information content (AvgIpc) is 2.89. The first-order valence-electron chi connectivity index (χ1n) is 10.8. The number of oxime groups is 2. The summed E-state index contributed by atoms with van der Waals surface area (Å²) in [5.74, 6) is -0.204. The summed E-state index contributed by atoms with van der Waals surface area (Å²) in [5, 5.41) is 36.7. The van der Waals surface area contributed by atoms with Gasteiger partial charge in [0.1, 0.15) is 29.0 Å². The molecule has 0 spiro atoms. The van der Waals surface area contributed by atoms with Gasteiger partial charge < -0.3 is 24.6 Å². The minimum absolute atomic E-state index is 0.122. The summed E-state index contributed by atoms with van der Waals surface area (Å²) in [5.41, 5.74) is 2.26. The van der Waals surface area contributed by atoms with Crippen LogP contribution < -0.4 is 9.47 Å². The van der Waals surface area contributed by atoms with E-state index in [1.807, 2.05) is 19.9 Å². The summed E-state index contributed by atoms with van der Waals surface area (Å²) in [6, 6.07) is 6.67. The van der Waals surface area contributed by atoms with Crippen LogP contribution in [0.3, 0.4) is 0 Å². The first-order chi connectivity index (χ1) is 17.2. The van der Waals surface area contributed by atoms with Gasteiger partial charge in [-0.05, 0) is 44.2 Å². The summed E-state index contributed by atoms with van der Waals surface area (Å²) in [4.78, 5) is 23.4. The van der Waals surface area contributed by atoms with Gasteiger partial charge in [-0.2, -0.15) is 0 Å². The monoisotopic (exact) mass is 495 g/mol. The van der Waals surface area contributed by atoms with E-state index in [1.54, 1.807) is 6.07 Å². The quantitative estimate of drug-likeness (QED) is 0.174. The molecule has 0 aromatic heterocycles. The topological polar surface area (TPSA) is 153 Å². The second-order valence-corrected chi connectivity index (χ2v) is 7.97. The minimum atomic E-state index is -0.878. The smallest absolute Gasteiger partial charge is 0.338 e. The highest BCUT2D eigenvalue weighted by Crippen LogP contribution is 2.42. The van der Waals surface area contributed by atoms with E-state index in [-0.39, 0.29) is 40.6 Å². The normalized spacial score (nSPS) is 15.2. The molecule has 1 atom stereocenters. The van der Waals surface area contributed by atoms with Gasteiger partial charge in [0.25, 0.3) is 5.69 Å². The molecule has 2 aromatic carbocycles. The fourth-order valence-corrected chi connectivity index (χ4v) is 3.77. The number of allylic oxidation sites excluding steroid dienone is 3. The van der Waals surface area contributed by atoms with Gasteiger partial charge in [-0.1, -0.05) is 22.0 Å². The first-order valence-corrected chi connectivity index (χ1v) is 10.8. The number of non-ortho nitro benzene ring substituents is 1. The summed E-state index contributed by atoms with van der Waals surface area (Å²) in [6.07, 6.45) is 4.16. The fourth-order valence-electron chi connectivity index (χ4n) is 3.77. The molecule has 2 N–H and O–H groups in total. The highest BCUT2D eigenvalue weighted by molar-refractivity contribution is 6.27. The lowest BCUT2D eigenvalue weighted by atomic mass is 9.88. The molecule has 11 heteroatoms. The molecule has 1 aliphatic carbocycles. The van der Waals surface area contributed by atoms with Gasteiger partial charge in [0, 0.05) is 24.1 Å². The summed E-state index contributed by atoms with van der Waals surface area (Å²) in [7, 11) is 2.83. The van der Waals surface area contributed by atoms with Crippen LogP contribution in [0.2, 0.25) is 0 Å². The number of ether oxygens (including phenoxy) is 3. The molecule has 0 radical (unpaired) electrons. The van der Waals surface area contributed by atoms with Crippen molar-refractivity contribution >= 4 is 23.1 Å². The summed E-state index contributed by atoms with van der Waals surface area (Å²) >= 11 is 0. The molecular weight excluding hydrogens is 470 g/mol. The van der Waals surface area contributed by atoms with Crippen LogP contribution >= 0.6 is 0 Å². The van der Waals surface area contributed by atoms with E-state index in [2.05, 4.69) is 10.3 Å². The number of esters is 1. The predicted molar refractivity (Wildman–Crippen MR) is 131 cm³/mol. The maximum absolute atomic E-state index is 13.0. The molecule has 0 bridgehead atoms. The third kappa shape index (κ3) is 5.19. The fraction of sp³-hybridized carbons (Fsp3) is 0.240. The summed E-state index contributed by atoms with van der Waals surface area (Å²) < 4.78 is 17.1. The van der Waals surface area contributed by atoms with Crippen molar-refractivity contribution in [3.05, 3.63) is 86.5 Å². The van der Waals surface area contributed by atoms with Gasteiger partial charge in [0.15, 0.2) is 0 Å². The lowest BCUT2D eigenvalue weighted by Crippen LogP contribution is -2.20. The van der Waals surface area contributed by atoms with Crippen molar-refractivity contribution in [2.24, 2.45) is 10.3 Å². The molecule has 0 saturated heterocycles. The Morgan fingerprint density at radius 3 is 2.17 bits per heavy atom. The standard InChI is InChI=1S/C25H25N3O8/c1-14(2)5-12-20(36-25(29)15-6-8-16(9-7-15)28(32)33)17-13-21(34-3)22-18(26-30)10-11-19(27-31)23(22)24(17)35-4/h5-11,13,20,30-31H,12H2,1-4H3/b26-18+,27-19+/t20-/m1/s1. The molecular formula is C25H25N3O8. The maximum atomic E-state index is 13.0. The predicted octanol–water partition coefficient (Wildman–Crippen LogP) is 4.79. The first kappa shape index (κ1) is 25.9. The lowest BCUT2D eigenvalue weighted by molar-refractivity contribution is -0.384. The molecule has 0 aliphatic heterocycles. The lowest BCUT2D eigenvalue weighted by Gasteiger charge is -2.26. The van der Waals surface area contributed by atoms with Gasteiger partial charge in [-0.15, -0.1) is 0 Å². The number of nitro benzene ring substituents is 1. The number of hydrogen-bond acceptors (Lipinski definition) is 10. The van der Waals surface area contributed by atoms with Gasteiger partial charge in [0.05, 0.1) is 35.8 Å². The Morgan fingerprint density at radius 2 is 1.67 bits per heavy atom. The van der Waals surface area contributed by atoms with Crippen LogP contribution in [0.1, 0.15) is 53.4 Å². The minimum Gasteiger partial charge on any atom is -0.496 e. The number of carbonyl (C=O) groups is 1. The second-order valence-electron chi connectivity index (χ2n) is 7.97. The molecule has 0 unspecified atom stereocenters. The SMILES string of the molecule is COc1cc([C@@H](CC=C(C)C)OC(=O)c2ccc([N+](=O)[O-])cc2)c(OC)c2c1/C(=N/O)C=C/C2=N\O. The molecule has 11 nitrogen and oxygen atoms in total. The van der Waals surface area contributed by atoms with Crippen LogP contribution in [0.5, 0.6) is 11.5 Å². The number of nitro groups is 1. The molecule has 0 heterocycles. The van der Waals surface area contributed by atoms with E-state index < -0.39 is 17.0 Å². The number of benzene rings is 2. The van der Waals surface area contributed by atoms with E-state index >= 15 is 0 Å². The molecule has 3 rings (SSSR count). The van der Waals surface area contributed by atoms with E-state index in [0.29, 0.717) is 16.7 Å². The maximum Gasteiger partial charge on any atom is 0.338 e. The van der Waals surface area contributed by atoms with Crippen LogP contribution in [-0.2, 0) is 4.74 Å². The number of methoxy groups -OCH3 is 2. The van der Waals surface area contributed by atoms with Crippen molar-refractivity contribution in [2.75, 3.05) is 14.2 Å². The van der Waals surface area contributed by atoms with Gasteiger partial charge in [-0.3, -0.25) is 10.1 Å². The van der Waals surface area contributed by atoms with Crippen molar-refractivity contribution < 1.29 is 34.3 Å². The molecule has 2 aromatic rings. The average molecular weight is 495 g/mol. The zero-order chi connectivity index (χ0) is 26.4. The Morgan fingerprint density at radius 1 is 1.06 bits per heavy atom. The van der Waals surface area contributed by atoms with E-state index in [1.165, 1.54) is 50.6 Å². The Hall–Kier alpha value is -4.67. The molecule has 36 heavy (non-hydrogen) atoms. The van der Waals surface area contributed by atoms with Crippen LogP contribution in [0, 0.1) is 10.1 Å². The second kappa shape index (κ2) is 11.2. The summed E-state index contributed by atoms with van der Waals surface area (Å²) in [6.45, 7) is 3.79. The number of carbonyl (C=O) groups excluding carboxylic acids is 1. The Labute approximate surface area is 206 Å². The van der Waals surface area contributed by atoms with E-state index in [0.717, 1.165) is 5.57 Å². The van der Waals surface area contributed by atoms with Gasteiger partial charge in [0.2, 0.25) is 0 Å². The van der Waals surface area contributed by atoms with E-state index in [4.69, 9.17) is 14.2 Å². The van der Waals surface area contributed by atoms with Crippen molar-refractivity contribution in [1.29, 1.82) is 0 Å². The molecule has 0 saturated carbocycles. The van der Waals surface area contributed by atoms with Crippen LogP contribution in [0.25, 0.3) is 0 Å². The van der Waals surface area contributed by atoms with Crippen molar-refractivity contribution in [1.82, 2.24) is 0 Å². The largest absolute Gasteiger partial charge is 0.496 e. The van der Waals surface area contributed by atoms with Gasteiger partial charge >= 0.3 is 5.97 Å². The molecule has 0 amide bonds. The molecule has 0 fully saturated rings. The van der Waals surface area contributed by atoms with Crippen molar-refractivity contribution in [3.63, 3.8) is 0 Å². The molecule has 188 valence electrons. The van der Waals surface area contributed by atoms with Gasteiger partial charge in [-0.25, -0.2) is 4.79 Å². The third-order valence-electron chi connectivity index (χ3n) is 5.47. The van der Waals surface area contributed by atoms with Crippen LogP contribution in [0.4, 0.5) is 5.69 Å². The highest BCUT2D eigenvalue weighted by atomic mass is 16.6. The highest BCUT2D eigenvalue weighted by Gasteiger charge is 2.32. The van der Waals surface area contributed by atoms with Crippen LogP contribution in [-0.4, -0.2) is 47.0 Å².